The molecule has 1 saturated heterocycles. The number of halogens is 2. The van der Waals surface area contributed by atoms with Crippen molar-refractivity contribution in [2.45, 2.75) is 13.2 Å². The summed E-state index contributed by atoms with van der Waals surface area (Å²) in [5, 5.41) is 0.346. The smallest absolute Gasteiger partial charge is 0.338 e. The quantitative estimate of drug-likeness (QED) is 0.296. The Kier molecular flexibility index (Phi) is 7.85. The number of carbonyl (C=O) groups is 1. The molecule has 0 atom stereocenters. The molecule has 1 aliphatic rings. The number of carbonyl (C=O) groups excluding carboxylic acids is 1. The van der Waals surface area contributed by atoms with E-state index in [2.05, 4.69) is 14.8 Å². The topological polar surface area (TPSA) is 82.0 Å². The molecule has 5 rings (SSSR count). The molecule has 39 heavy (non-hydrogen) atoms. The number of rotatable bonds is 8. The van der Waals surface area contributed by atoms with Crippen LogP contribution in [0.2, 0.25) is 5.02 Å². The first-order valence-electron chi connectivity index (χ1n) is 12.5. The highest BCUT2D eigenvalue weighted by molar-refractivity contribution is 6.30. The predicted molar refractivity (Wildman–Crippen MR) is 146 cm³/mol. The Morgan fingerprint density at radius 2 is 1.85 bits per heavy atom. The van der Waals surface area contributed by atoms with Gasteiger partial charge < -0.3 is 23.7 Å². The average molecular weight is 554 g/mol. The number of hydrogen-bond acceptors (Lipinski definition) is 8. The zero-order chi connectivity index (χ0) is 27.5. The van der Waals surface area contributed by atoms with Crippen LogP contribution in [0.15, 0.2) is 48.5 Å². The van der Waals surface area contributed by atoms with Crippen molar-refractivity contribution in [1.29, 1.82) is 0 Å². The molecule has 0 radical (unpaired) electrons. The lowest BCUT2D eigenvalue weighted by molar-refractivity contribution is 0.0600. The second-order valence-electron chi connectivity index (χ2n) is 9.25. The Bertz CT molecular complexity index is 1500. The van der Waals surface area contributed by atoms with Crippen LogP contribution in [0.5, 0.6) is 11.6 Å². The van der Waals surface area contributed by atoms with E-state index >= 15 is 0 Å². The van der Waals surface area contributed by atoms with Crippen molar-refractivity contribution in [3.63, 3.8) is 0 Å². The first-order valence-corrected chi connectivity index (χ1v) is 12.9. The molecule has 1 fully saturated rings. The lowest BCUT2D eigenvalue weighted by atomic mass is 10.2. The van der Waals surface area contributed by atoms with E-state index in [4.69, 9.17) is 30.8 Å². The minimum absolute atomic E-state index is 0.0666. The van der Waals surface area contributed by atoms with E-state index in [-0.39, 0.29) is 6.61 Å². The number of anilines is 1. The van der Waals surface area contributed by atoms with E-state index in [0.717, 1.165) is 43.3 Å². The van der Waals surface area contributed by atoms with Crippen LogP contribution in [0.25, 0.3) is 11.0 Å². The second-order valence-corrected chi connectivity index (χ2v) is 9.68. The fraction of sp³-hybridized carbons (Fsp3) is 0.321. The van der Waals surface area contributed by atoms with Crippen LogP contribution in [0.1, 0.15) is 21.7 Å². The van der Waals surface area contributed by atoms with Crippen molar-refractivity contribution in [3.05, 3.63) is 76.3 Å². The molecule has 0 bridgehead atoms. The van der Waals surface area contributed by atoms with Gasteiger partial charge in [-0.25, -0.2) is 14.2 Å². The van der Waals surface area contributed by atoms with Crippen molar-refractivity contribution in [2.75, 3.05) is 45.3 Å². The molecule has 9 nitrogen and oxygen atoms in total. The Morgan fingerprint density at radius 1 is 1.05 bits per heavy atom. The number of ether oxygens (including phenoxy) is 3. The minimum atomic E-state index is -0.422. The van der Waals surface area contributed by atoms with Gasteiger partial charge in [-0.15, -0.1) is 0 Å². The first-order chi connectivity index (χ1) is 18.9. The Hall–Kier alpha value is -3.89. The summed E-state index contributed by atoms with van der Waals surface area (Å²) in [5.74, 6) is 1.83. The SMILES string of the molecule is COC(=O)c1cc(OC)c2nc(CN3CCN(c4cccc(OCc5ccc(Cl)cc5F)n4)CC3)n(C)c2c1. The fourth-order valence-corrected chi connectivity index (χ4v) is 4.78. The molecule has 204 valence electrons. The maximum absolute atomic E-state index is 14.1. The summed E-state index contributed by atoms with van der Waals surface area (Å²) < 4.78 is 32.2. The maximum Gasteiger partial charge on any atom is 0.338 e. The number of fused-ring (bicyclic) bond motifs is 1. The molecule has 0 unspecified atom stereocenters. The molecule has 0 N–H and O–H groups in total. The highest BCUT2D eigenvalue weighted by Gasteiger charge is 2.22. The zero-order valence-electron chi connectivity index (χ0n) is 22.0. The molecule has 0 aliphatic carbocycles. The van der Waals surface area contributed by atoms with Crippen molar-refractivity contribution in [3.8, 4) is 11.6 Å². The van der Waals surface area contributed by atoms with E-state index in [1.807, 2.05) is 23.7 Å². The summed E-state index contributed by atoms with van der Waals surface area (Å²) in [6.45, 7) is 3.91. The van der Waals surface area contributed by atoms with Gasteiger partial charge in [0, 0.05) is 49.9 Å². The van der Waals surface area contributed by atoms with Gasteiger partial charge in [0.25, 0.3) is 0 Å². The minimum Gasteiger partial charge on any atom is -0.494 e. The van der Waals surface area contributed by atoms with Gasteiger partial charge in [-0.2, -0.15) is 4.98 Å². The molecule has 11 heteroatoms. The Morgan fingerprint density at radius 3 is 2.56 bits per heavy atom. The maximum atomic E-state index is 14.1. The number of esters is 1. The fourth-order valence-electron chi connectivity index (χ4n) is 4.62. The number of aromatic nitrogens is 3. The van der Waals surface area contributed by atoms with Crippen LogP contribution >= 0.6 is 11.6 Å². The number of hydrogen-bond donors (Lipinski definition) is 0. The highest BCUT2D eigenvalue weighted by atomic mass is 35.5. The number of benzene rings is 2. The molecule has 2 aromatic carbocycles. The molecule has 4 aromatic rings. The predicted octanol–water partition coefficient (Wildman–Crippen LogP) is 4.46. The second kappa shape index (κ2) is 11.5. The first kappa shape index (κ1) is 26.7. The normalized spacial score (nSPS) is 14.0. The van der Waals surface area contributed by atoms with Gasteiger partial charge in [0.05, 0.1) is 31.8 Å². The molecule has 2 aromatic heterocycles. The van der Waals surface area contributed by atoms with E-state index in [0.29, 0.717) is 39.8 Å². The summed E-state index contributed by atoms with van der Waals surface area (Å²) in [4.78, 5) is 26.1. The molecule has 3 heterocycles. The van der Waals surface area contributed by atoms with Gasteiger partial charge >= 0.3 is 5.97 Å². The van der Waals surface area contributed by atoms with Gasteiger partial charge in [-0.1, -0.05) is 23.7 Å². The van der Waals surface area contributed by atoms with E-state index in [9.17, 15) is 9.18 Å². The summed E-state index contributed by atoms with van der Waals surface area (Å²) in [5.41, 5.74) is 2.35. The number of aryl methyl sites for hydroxylation is 1. The molecule has 0 amide bonds. The van der Waals surface area contributed by atoms with Crippen LogP contribution in [0.4, 0.5) is 10.2 Å². The monoisotopic (exact) mass is 553 g/mol. The third-order valence-electron chi connectivity index (χ3n) is 6.85. The van der Waals surface area contributed by atoms with Gasteiger partial charge in [-0.3, -0.25) is 4.90 Å². The van der Waals surface area contributed by atoms with E-state index in [1.54, 1.807) is 37.4 Å². The third kappa shape index (κ3) is 5.76. The molecule has 0 saturated carbocycles. The van der Waals surface area contributed by atoms with Gasteiger partial charge in [0.15, 0.2) is 0 Å². The lowest BCUT2D eigenvalue weighted by Crippen LogP contribution is -2.46. The summed E-state index contributed by atoms with van der Waals surface area (Å²) >= 11 is 5.83. The molecule has 1 aliphatic heterocycles. The molecule has 0 spiro atoms. The summed E-state index contributed by atoms with van der Waals surface area (Å²) in [7, 11) is 4.86. The van der Waals surface area contributed by atoms with E-state index < -0.39 is 11.8 Å². The zero-order valence-corrected chi connectivity index (χ0v) is 22.7. The number of nitrogens with zero attached hydrogens (tertiary/aromatic N) is 5. The van der Waals surface area contributed by atoms with E-state index in [1.165, 1.54) is 13.2 Å². The van der Waals surface area contributed by atoms with Crippen molar-refractivity contribution in [2.24, 2.45) is 7.05 Å². The number of imidazole rings is 1. The van der Waals surface area contributed by atoms with Crippen molar-refractivity contribution in [1.82, 2.24) is 19.4 Å². The lowest BCUT2D eigenvalue weighted by Gasteiger charge is -2.35. The van der Waals surface area contributed by atoms with Crippen LogP contribution in [0.3, 0.4) is 0 Å². The third-order valence-corrected chi connectivity index (χ3v) is 7.08. The Balaban J connectivity index is 1.23. The molecular formula is C28H29ClFN5O4. The van der Waals surface area contributed by atoms with Crippen LogP contribution < -0.4 is 14.4 Å². The van der Waals surface area contributed by atoms with Crippen molar-refractivity contribution >= 4 is 34.4 Å². The number of methoxy groups -OCH3 is 2. The van der Waals surface area contributed by atoms with Gasteiger partial charge in [0.2, 0.25) is 5.88 Å². The summed E-state index contributed by atoms with van der Waals surface area (Å²) in [6.07, 6.45) is 0. The average Bonchev–Trinajstić information content (AvgIpc) is 3.27. The number of piperazine rings is 1. The standard InChI is InChI=1S/C28H29ClFN5O4/c1-33-22-13-19(28(36)38-3)14-23(37-2)27(22)32-25(33)16-34-9-11-35(12-10-34)24-5-4-6-26(31-24)39-17-18-7-8-20(29)15-21(18)30/h4-8,13-15H,9-12,16-17H2,1-3H3. The summed E-state index contributed by atoms with van der Waals surface area (Å²) in [6, 6.07) is 13.5. The number of pyridine rings is 1. The van der Waals surface area contributed by atoms with Crippen LogP contribution in [0, 0.1) is 5.82 Å². The Labute approximate surface area is 230 Å². The largest absolute Gasteiger partial charge is 0.494 e. The van der Waals surface area contributed by atoms with Gasteiger partial charge in [0.1, 0.15) is 35.3 Å². The van der Waals surface area contributed by atoms with Crippen molar-refractivity contribution < 1.29 is 23.4 Å². The van der Waals surface area contributed by atoms with Crippen LogP contribution in [-0.2, 0) is 24.9 Å². The van der Waals surface area contributed by atoms with Crippen LogP contribution in [-0.4, -0.2) is 65.8 Å². The van der Waals surface area contributed by atoms with Gasteiger partial charge in [-0.05, 0) is 30.3 Å². The molecular weight excluding hydrogens is 525 g/mol. The highest BCUT2D eigenvalue weighted by Crippen LogP contribution is 2.29.